The van der Waals surface area contributed by atoms with E-state index in [1.807, 2.05) is 57.2 Å². The molecule has 41 heavy (non-hydrogen) atoms. The fourth-order valence-electron chi connectivity index (χ4n) is 4.73. The molecule has 3 aromatic rings. The monoisotopic (exact) mass is 563 g/mol. The van der Waals surface area contributed by atoms with Crippen LogP contribution in [-0.2, 0) is 17.8 Å². The van der Waals surface area contributed by atoms with E-state index in [2.05, 4.69) is 17.3 Å². The second kappa shape index (κ2) is 14.8. The van der Waals surface area contributed by atoms with Crippen molar-refractivity contribution in [2.75, 3.05) is 40.0 Å². The molecular formula is C33H42FN3O4. The van der Waals surface area contributed by atoms with Crippen LogP contribution in [0.1, 0.15) is 44.9 Å². The summed E-state index contributed by atoms with van der Waals surface area (Å²) >= 11 is 0. The lowest BCUT2D eigenvalue weighted by atomic mass is 9.98. The first-order valence-corrected chi connectivity index (χ1v) is 14.5. The maximum absolute atomic E-state index is 14.1. The number of benzene rings is 2. The molecule has 4 rings (SSSR count). The Hall–Kier alpha value is -3.65. The van der Waals surface area contributed by atoms with Gasteiger partial charge in [0.15, 0.2) is 0 Å². The second-order valence-electron chi connectivity index (χ2n) is 11.1. The number of nitrogens with one attached hydrogen (secondary N) is 1. The number of amides is 1. The summed E-state index contributed by atoms with van der Waals surface area (Å²) in [6, 6.07) is 16.2. The highest BCUT2D eigenvalue weighted by molar-refractivity contribution is 5.78. The minimum Gasteiger partial charge on any atom is -0.494 e. The van der Waals surface area contributed by atoms with Gasteiger partial charge in [-0.3, -0.25) is 4.79 Å². The SMILES string of the molecule is CCOc1ccc(-c2ccc(CC(=O)NCc3cc(F)cc(OCC(C)C)c3)nc2OCC2CCN(C)CC2)cc1. The van der Waals surface area contributed by atoms with Crippen LogP contribution < -0.4 is 19.5 Å². The molecule has 1 amide bonds. The van der Waals surface area contributed by atoms with Crippen LogP contribution in [0.15, 0.2) is 54.6 Å². The molecule has 1 aliphatic rings. The number of hydrogen-bond acceptors (Lipinski definition) is 6. The third kappa shape index (κ3) is 9.46. The smallest absolute Gasteiger partial charge is 0.226 e. The average molecular weight is 564 g/mol. The lowest BCUT2D eigenvalue weighted by Gasteiger charge is -2.28. The van der Waals surface area contributed by atoms with Gasteiger partial charge in [-0.1, -0.05) is 26.0 Å². The third-order valence-corrected chi connectivity index (χ3v) is 7.03. The fourth-order valence-corrected chi connectivity index (χ4v) is 4.73. The minimum absolute atomic E-state index is 0.0835. The average Bonchev–Trinajstić information content (AvgIpc) is 2.95. The highest BCUT2D eigenvalue weighted by Gasteiger charge is 2.19. The molecule has 1 N–H and O–H groups in total. The Morgan fingerprint density at radius 1 is 1.02 bits per heavy atom. The maximum Gasteiger partial charge on any atom is 0.226 e. The Morgan fingerprint density at radius 2 is 1.78 bits per heavy atom. The van der Waals surface area contributed by atoms with Gasteiger partial charge in [0.2, 0.25) is 11.8 Å². The van der Waals surface area contributed by atoms with E-state index in [4.69, 9.17) is 19.2 Å². The van der Waals surface area contributed by atoms with Gasteiger partial charge in [0.05, 0.1) is 31.9 Å². The van der Waals surface area contributed by atoms with E-state index in [1.165, 1.54) is 12.1 Å². The van der Waals surface area contributed by atoms with Gasteiger partial charge < -0.3 is 24.4 Å². The lowest BCUT2D eigenvalue weighted by Crippen LogP contribution is -2.32. The zero-order valence-electron chi connectivity index (χ0n) is 24.6. The van der Waals surface area contributed by atoms with Crippen LogP contribution in [0, 0.1) is 17.7 Å². The summed E-state index contributed by atoms with van der Waals surface area (Å²) in [5, 5.41) is 2.88. The molecule has 8 heteroatoms. The van der Waals surface area contributed by atoms with E-state index in [9.17, 15) is 9.18 Å². The summed E-state index contributed by atoms with van der Waals surface area (Å²) in [7, 11) is 2.14. The zero-order chi connectivity index (χ0) is 29.2. The van der Waals surface area contributed by atoms with Crippen LogP contribution >= 0.6 is 0 Å². The van der Waals surface area contributed by atoms with Gasteiger partial charge in [0.1, 0.15) is 17.3 Å². The van der Waals surface area contributed by atoms with E-state index >= 15 is 0 Å². The predicted molar refractivity (Wildman–Crippen MR) is 159 cm³/mol. The number of aromatic nitrogens is 1. The molecule has 0 bridgehead atoms. The number of carbonyl (C=O) groups is 1. The summed E-state index contributed by atoms with van der Waals surface area (Å²) in [4.78, 5) is 19.9. The summed E-state index contributed by atoms with van der Waals surface area (Å²) in [5.74, 6) is 1.98. The number of carbonyl (C=O) groups excluding carboxylic acids is 1. The molecule has 1 saturated heterocycles. The van der Waals surface area contributed by atoms with Gasteiger partial charge in [-0.05, 0) is 99.3 Å². The number of likely N-dealkylation sites (tertiary alicyclic amines) is 1. The van der Waals surface area contributed by atoms with Gasteiger partial charge in [-0.25, -0.2) is 9.37 Å². The third-order valence-electron chi connectivity index (χ3n) is 7.03. The largest absolute Gasteiger partial charge is 0.494 e. The lowest BCUT2D eigenvalue weighted by molar-refractivity contribution is -0.120. The molecule has 7 nitrogen and oxygen atoms in total. The number of ether oxygens (including phenoxy) is 3. The summed E-state index contributed by atoms with van der Waals surface area (Å²) in [6.07, 6.45) is 2.25. The molecule has 0 spiro atoms. The van der Waals surface area contributed by atoms with Crippen molar-refractivity contribution in [2.45, 2.75) is 46.6 Å². The molecule has 1 fully saturated rings. The Balaban J connectivity index is 1.44. The molecule has 0 atom stereocenters. The van der Waals surface area contributed by atoms with E-state index in [0.717, 1.165) is 42.8 Å². The summed E-state index contributed by atoms with van der Waals surface area (Å²) in [6.45, 7) is 10.0. The Labute approximate surface area is 243 Å². The minimum atomic E-state index is -0.395. The quantitative estimate of drug-likeness (QED) is 0.279. The van der Waals surface area contributed by atoms with Crippen LogP contribution in [0.2, 0.25) is 0 Å². The van der Waals surface area contributed by atoms with Gasteiger partial charge >= 0.3 is 0 Å². The molecule has 0 unspecified atom stereocenters. The van der Waals surface area contributed by atoms with E-state index in [0.29, 0.717) is 54.5 Å². The molecule has 1 aliphatic heterocycles. The van der Waals surface area contributed by atoms with Gasteiger partial charge in [-0.2, -0.15) is 0 Å². The van der Waals surface area contributed by atoms with Crippen molar-refractivity contribution in [2.24, 2.45) is 11.8 Å². The van der Waals surface area contributed by atoms with Crippen LogP contribution in [-0.4, -0.2) is 55.7 Å². The van der Waals surface area contributed by atoms with Gasteiger partial charge in [-0.15, -0.1) is 0 Å². The number of nitrogens with zero attached hydrogens (tertiary/aromatic N) is 2. The van der Waals surface area contributed by atoms with E-state index < -0.39 is 5.82 Å². The van der Waals surface area contributed by atoms with Crippen LogP contribution in [0.4, 0.5) is 4.39 Å². The standard InChI is InChI=1S/C33H42FN3O4/c1-5-39-29-9-6-26(7-10-29)31-11-8-28(36-33(31)41-22-24-12-14-37(4)15-13-24)19-32(38)35-20-25-16-27(34)18-30(17-25)40-21-23(2)3/h6-11,16-18,23-24H,5,12-15,19-22H2,1-4H3,(H,35,38). The number of piperidine rings is 1. The molecule has 2 heterocycles. The summed E-state index contributed by atoms with van der Waals surface area (Å²) < 4.78 is 31.7. The molecule has 0 saturated carbocycles. The predicted octanol–water partition coefficient (Wildman–Crippen LogP) is 5.90. The number of rotatable bonds is 13. The fraction of sp³-hybridized carbons (Fsp3) is 0.455. The number of hydrogen-bond donors (Lipinski definition) is 1. The van der Waals surface area contributed by atoms with Crippen molar-refractivity contribution in [3.8, 4) is 28.5 Å². The highest BCUT2D eigenvalue weighted by atomic mass is 19.1. The highest BCUT2D eigenvalue weighted by Crippen LogP contribution is 2.31. The van der Waals surface area contributed by atoms with E-state index in [1.54, 1.807) is 6.07 Å². The molecule has 0 aliphatic carbocycles. The zero-order valence-corrected chi connectivity index (χ0v) is 24.6. The maximum atomic E-state index is 14.1. The van der Waals surface area contributed by atoms with Crippen LogP contribution in [0.3, 0.4) is 0 Å². The first-order valence-electron chi connectivity index (χ1n) is 14.5. The van der Waals surface area contributed by atoms with Crippen molar-refractivity contribution >= 4 is 5.91 Å². The summed E-state index contributed by atoms with van der Waals surface area (Å²) in [5.41, 5.74) is 3.09. The number of pyridine rings is 1. The Bertz CT molecular complexity index is 1270. The van der Waals surface area contributed by atoms with Crippen molar-refractivity contribution in [1.82, 2.24) is 15.2 Å². The molecule has 2 aromatic carbocycles. The van der Waals surface area contributed by atoms with Crippen molar-refractivity contribution in [3.05, 3.63) is 71.7 Å². The van der Waals surface area contributed by atoms with Crippen LogP contribution in [0.5, 0.6) is 17.4 Å². The molecule has 0 radical (unpaired) electrons. The first kappa shape index (κ1) is 30.3. The van der Waals surface area contributed by atoms with Crippen molar-refractivity contribution in [1.29, 1.82) is 0 Å². The van der Waals surface area contributed by atoms with E-state index in [-0.39, 0.29) is 18.9 Å². The molecular weight excluding hydrogens is 521 g/mol. The first-order chi connectivity index (χ1) is 19.8. The van der Waals surface area contributed by atoms with Crippen LogP contribution in [0.25, 0.3) is 11.1 Å². The van der Waals surface area contributed by atoms with Crippen molar-refractivity contribution < 1.29 is 23.4 Å². The van der Waals surface area contributed by atoms with Crippen molar-refractivity contribution in [3.63, 3.8) is 0 Å². The Kier molecular flexibility index (Phi) is 11.0. The normalized spacial score (nSPS) is 14.2. The molecule has 1 aromatic heterocycles. The number of halogens is 1. The van der Waals surface area contributed by atoms with Gasteiger partial charge in [0, 0.05) is 18.2 Å². The topological polar surface area (TPSA) is 72.9 Å². The van der Waals surface area contributed by atoms with Gasteiger partial charge in [0.25, 0.3) is 0 Å². The second-order valence-corrected chi connectivity index (χ2v) is 11.1. The Morgan fingerprint density at radius 3 is 2.49 bits per heavy atom. The molecule has 220 valence electrons.